The first-order valence-electron chi connectivity index (χ1n) is 8.53. The van der Waals surface area contributed by atoms with E-state index in [2.05, 4.69) is 20.8 Å². The predicted molar refractivity (Wildman–Crippen MR) is 103 cm³/mol. The standard InChI is InChI=1S/C19H24N4O2S/c1-5-12(2)17(24)22-23-18(25)16-8-6-15(7-9-16)11-26-19-20-13(3)10-14(4)21-19/h6-10,12H,5,11H2,1-4H3,(H,22,24)(H,23,25). The van der Waals surface area contributed by atoms with Crippen molar-refractivity contribution in [2.75, 3.05) is 0 Å². The van der Waals surface area contributed by atoms with Gasteiger partial charge < -0.3 is 0 Å². The molecule has 1 unspecified atom stereocenters. The van der Waals surface area contributed by atoms with Crippen molar-refractivity contribution in [2.24, 2.45) is 5.92 Å². The molecule has 1 heterocycles. The zero-order chi connectivity index (χ0) is 19.1. The van der Waals surface area contributed by atoms with E-state index in [0.29, 0.717) is 5.56 Å². The van der Waals surface area contributed by atoms with Gasteiger partial charge in [-0.1, -0.05) is 37.7 Å². The number of nitrogens with one attached hydrogen (secondary N) is 2. The van der Waals surface area contributed by atoms with Gasteiger partial charge in [-0.3, -0.25) is 20.4 Å². The van der Waals surface area contributed by atoms with Gasteiger partial charge in [0.1, 0.15) is 0 Å². The third-order valence-electron chi connectivity index (χ3n) is 3.91. The number of hydrogen-bond acceptors (Lipinski definition) is 5. The van der Waals surface area contributed by atoms with E-state index < -0.39 is 0 Å². The van der Waals surface area contributed by atoms with Crippen molar-refractivity contribution in [1.82, 2.24) is 20.8 Å². The van der Waals surface area contributed by atoms with E-state index in [1.165, 1.54) is 0 Å². The van der Waals surface area contributed by atoms with Crippen LogP contribution in [0.2, 0.25) is 0 Å². The molecular weight excluding hydrogens is 348 g/mol. The summed E-state index contributed by atoms with van der Waals surface area (Å²) in [6, 6.07) is 9.20. The van der Waals surface area contributed by atoms with Gasteiger partial charge in [-0.2, -0.15) is 0 Å². The maximum Gasteiger partial charge on any atom is 0.269 e. The van der Waals surface area contributed by atoms with Crippen LogP contribution in [0.4, 0.5) is 0 Å². The van der Waals surface area contributed by atoms with Crippen LogP contribution in [0.15, 0.2) is 35.5 Å². The molecule has 0 saturated carbocycles. The highest BCUT2D eigenvalue weighted by atomic mass is 32.2. The summed E-state index contributed by atoms with van der Waals surface area (Å²) in [6.45, 7) is 7.64. The summed E-state index contributed by atoms with van der Waals surface area (Å²) < 4.78 is 0. The summed E-state index contributed by atoms with van der Waals surface area (Å²) in [7, 11) is 0. The van der Waals surface area contributed by atoms with Crippen LogP contribution in [0.3, 0.4) is 0 Å². The number of benzene rings is 1. The first-order valence-corrected chi connectivity index (χ1v) is 9.51. The Kier molecular flexibility index (Phi) is 7.15. The second kappa shape index (κ2) is 9.33. The molecule has 7 heteroatoms. The van der Waals surface area contributed by atoms with E-state index in [9.17, 15) is 9.59 Å². The van der Waals surface area contributed by atoms with Gasteiger partial charge in [0.05, 0.1) is 0 Å². The molecule has 1 aromatic carbocycles. The maximum atomic E-state index is 12.1. The summed E-state index contributed by atoms with van der Waals surface area (Å²) in [6.07, 6.45) is 0.720. The number of nitrogens with zero attached hydrogens (tertiary/aromatic N) is 2. The summed E-state index contributed by atoms with van der Waals surface area (Å²) in [5.74, 6) is 0.0539. The topological polar surface area (TPSA) is 84.0 Å². The summed E-state index contributed by atoms with van der Waals surface area (Å²) >= 11 is 1.56. The van der Waals surface area contributed by atoms with E-state index in [1.807, 2.05) is 45.9 Å². The van der Waals surface area contributed by atoms with E-state index in [4.69, 9.17) is 0 Å². The molecule has 1 aromatic heterocycles. The fourth-order valence-electron chi connectivity index (χ4n) is 2.16. The van der Waals surface area contributed by atoms with Gasteiger partial charge in [-0.15, -0.1) is 0 Å². The Labute approximate surface area is 158 Å². The molecule has 2 aromatic rings. The first-order chi connectivity index (χ1) is 12.4. The minimum atomic E-state index is -0.335. The Morgan fingerprint density at radius 2 is 1.69 bits per heavy atom. The molecule has 0 radical (unpaired) electrons. The molecule has 1 atom stereocenters. The Bertz CT molecular complexity index is 757. The van der Waals surface area contributed by atoms with Crippen LogP contribution in [0, 0.1) is 19.8 Å². The maximum absolute atomic E-state index is 12.1. The van der Waals surface area contributed by atoms with Crippen LogP contribution in [0.1, 0.15) is 47.6 Å². The molecule has 2 N–H and O–H groups in total. The van der Waals surface area contributed by atoms with Crippen molar-refractivity contribution in [3.63, 3.8) is 0 Å². The normalized spacial score (nSPS) is 11.7. The molecule has 26 heavy (non-hydrogen) atoms. The molecule has 0 bridgehead atoms. The lowest BCUT2D eigenvalue weighted by Gasteiger charge is -2.11. The zero-order valence-electron chi connectivity index (χ0n) is 15.5. The third-order valence-corrected chi connectivity index (χ3v) is 4.82. The summed E-state index contributed by atoms with van der Waals surface area (Å²) in [5, 5.41) is 0.747. The third kappa shape index (κ3) is 5.84. The Hall–Kier alpha value is -2.41. The molecule has 0 spiro atoms. The Morgan fingerprint density at radius 3 is 2.27 bits per heavy atom. The molecule has 0 fully saturated rings. The van der Waals surface area contributed by atoms with Crippen molar-refractivity contribution in [1.29, 1.82) is 0 Å². The van der Waals surface area contributed by atoms with Crippen LogP contribution < -0.4 is 10.9 Å². The molecule has 0 aliphatic heterocycles. The van der Waals surface area contributed by atoms with E-state index in [-0.39, 0.29) is 17.7 Å². The van der Waals surface area contributed by atoms with Gasteiger partial charge in [0.15, 0.2) is 5.16 Å². The molecule has 0 saturated heterocycles. The smallest absolute Gasteiger partial charge is 0.269 e. The minimum Gasteiger partial charge on any atom is -0.273 e. The van der Waals surface area contributed by atoms with Gasteiger partial charge in [0, 0.05) is 28.6 Å². The van der Waals surface area contributed by atoms with Gasteiger partial charge in [0.2, 0.25) is 5.91 Å². The molecule has 0 aliphatic rings. The van der Waals surface area contributed by atoms with Crippen molar-refractivity contribution in [3.8, 4) is 0 Å². The fourth-order valence-corrected chi connectivity index (χ4v) is 3.06. The second-order valence-electron chi connectivity index (χ2n) is 6.17. The van der Waals surface area contributed by atoms with E-state index in [0.717, 1.165) is 34.3 Å². The lowest BCUT2D eigenvalue weighted by atomic mass is 10.1. The molecule has 2 rings (SSSR count). The number of thioether (sulfide) groups is 1. The van der Waals surface area contributed by atoms with Crippen LogP contribution in [-0.4, -0.2) is 21.8 Å². The molecule has 2 amide bonds. The van der Waals surface area contributed by atoms with Gasteiger partial charge >= 0.3 is 0 Å². The van der Waals surface area contributed by atoms with Crippen LogP contribution in [0.25, 0.3) is 0 Å². The van der Waals surface area contributed by atoms with Crippen LogP contribution in [-0.2, 0) is 10.5 Å². The summed E-state index contributed by atoms with van der Waals surface area (Å²) in [4.78, 5) is 32.6. The number of amides is 2. The average molecular weight is 372 g/mol. The number of carbonyl (C=O) groups excluding carboxylic acids is 2. The van der Waals surface area contributed by atoms with Gasteiger partial charge in [-0.05, 0) is 44.0 Å². The average Bonchev–Trinajstić information content (AvgIpc) is 2.63. The van der Waals surface area contributed by atoms with Gasteiger partial charge in [0.25, 0.3) is 5.91 Å². The summed E-state index contributed by atoms with van der Waals surface area (Å²) in [5.41, 5.74) is 8.34. The second-order valence-corrected chi connectivity index (χ2v) is 7.11. The minimum absolute atomic E-state index is 0.137. The highest BCUT2D eigenvalue weighted by Gasteiger charge is 2.12. The molecule has 138 valence electrons. The van der Waals surface area contributed by atoms with E-state index in [1.54, 1.807) is 23.9 Å². The Balaban J connectivity index is 1.89. The number of rotatable bonds is 6. The number of carbonyl (C=O) groups is 2. The van der Waals surface area contributed by atoms with Crippen molar-refractivity contribution in [3.05, 3.63) is 52.8 Å². The first kappa shape index (κ1) is 19.9. The lowest BCUT2D eigenvalue weighted by molar-refractivity contribution is -0.125. The van der Waals surface area contributed by atoms with Crippen molar-refractivity contribution < 1.29 is 9.59 Å². The highest BCUT2D eigenvalue weighted by molar-refractivity contribution is 7.98. The zero-order valence-corrected chi connectivity index (χ0v) is 16.3. The molecule has 0 aliphatic carbocycles. The highest BCUT2D eigenvalue weighted by Crippen LogP contribution is 2.20. The number of hydrogen-bond donors (Lipinski definition) is 2. The van der Waals surface area contributed by atoms with E-state index >= 15 is 0 Å². The number of aromatic nitrogens is 2. The van der Waals surface area contributed by atoms with Crippen molar-refractivity contribution >= 4 is 23.6 Å². The fraction of sp³-hybridized carbons (Fsp3) is 0.368. The van der Waals surface area contributed by atoms with Gasteiger partial charge in [-0.25, -0.2) is 9.97 Å². The number of hydrazine groups is 1. The Morgan fingerprint density at radius 1 is 1.08 bits per heavy atom. The van der Waals surface area contributed by atoms with Crippen LogP contribution in [0.5, 0.6) is 0 Å². The van der Waals surface area contributed by atoms with Crippen molar-refractivity contribution in [2.45, 2.75) is 45.0 Å². The monoisotopic (exact) mass is 372 g/mol. The largest absolute Gasteiger partial charge is 0.273 e. The molecular formula is C19H24N4O2S. The lowest BCUT2D eigenvalue weighted by Crippen LogP contribution is -2.43. The quantitative estimate of drug-likeness (QED) is 0.462. The molecule has 6 nitrogen and oxygen atoms in total. The van der Waals surface area contributed by atoms with Crippen LogP contribution >= 0.6 is 11.8 Å². The SMILES string of the molecule is CCC(C)C(=O)NNC(=O)c1ccc(CSc2nc(C)cc(C)n2)cc1. The number of aryl methyl sites for hydroxylation is 2. The predicted octanol–water partition coefficient (Wildman–Crippen LogP) is 3.19.